The Balaban J connectivity index is 1.73. The smallest absolute Gasteiger partial charge is 0.407 e. The van der Waals surface area contributed by atoms with E-state index in [0.29, 0.717) is 12.6 Å². The Morgan fingerprint density at radius 3 is 2.38 bits per heavy atom. The van der Waals surface area contributed by atoms with Gasteiger partial charge in [-0.05, 0) is 58.7 Å². The Morgan fingerprint density at radius 1 is 1.10 bits per heavy atom. The third-order valence-corrected chi connectivity index (χ3v) is 4.77. The molecular weight excluding hydrogens is 366 g/mol. The van der Waals surface area contributed by atoms with Gasteiger partial charge in [-0.3, -0.25) is 9.89 Å². The van der Waals surface area contributed by atoms with Gasteiger partial charge in [-0.15, -0.1) is 0 Å². The van der Waals surface area contributed by atoms with Crippen LogP contribution < -0.4 is 16.0 Å². The van der Waals surface area contributed by atoms with Crippen LogP contribution in [0.15, 0.2) is 35.3 Å². The number of rotatable bonds is 8. The van der Waals surface area contributed by atoms with Crippen molar-refractivity contribution in [3.63, 3.8) is 0 Å². The molecule has 0 spiro atoms. The van der Waals surface area contributed by atoms with Crippen molar-refractivity contribution < 1.29 is 9.53 Å². The molecule has 1 atom stereocenters. The minimum atomic E-state index is -0.473. The highest BCUT2D eigenvalue weighted by molar-refractivity contribution is 5.79. The number of hydrogen-bond acceptors (Lipinski definition) is 4. The molecule has 1 aromatic carbocycles. The number of alkyl carbamates (subject to hydrolysis) is 1. The molecule has 1 fully saturated rings. The summed E-state index contributed by atoms with van der Waals surface area (Å²) < 4.78 is 5.23. The van der Waals surface area contributed by atoms with Crippen molar-refractivity contribution in [2.24, 2.45) is 4.99 Å². The van der Waals surface area contributed by atoms with Crippen molar-refractivity contribution in [2.45, 2.75) is 51.7 Å². The lowest BCUT2D eigenvalue weighted by molar-refractivity contribution is 0.0527. The summed E-state index contributed by atoms with van der Waals surface area (Å²) in [7, 11) is 1.78. The number of likely N-dealkylation sites (tertiary alicyclic amines) is 1. The number of carbonyl (C=O) groups excluding carboxylic acids is 1. The zero-order valence-corrected chi connectivity index (χ0v) is 18.3. The Hall–Kier alpha value is -2.28. The third-order valence-electron chi connectivity index (χ3n) is 4.77. The van der Waals surface area contributed by atoms with Crippen molar-refractivity contribution in [2.75, 3.05) is 39.8 Å². The third kappa shape index (κ3) is 8.73. The molecular formula is C22H37N5O2. The number of amides is 1. The lowest BCUT2D eigenvalue weighted by Crippen LogP contribution is -2.43. The van der Waals surface area contributed by atoms with Crippen LogP contribution in [-0.2, 0) is 4.74 Å². The van der Waals surface area contributed by atoms with E-state index in [9.17, 15) is 4.79 Å². The number of guanidine groups is 1. The summed E-state index contributed by atoms with van der Waals surface area (Å²) in [6.07, 6.45) is 2.94. The molecule has 1 heterocycles. The zero-order valence-electron chi connectivity index (χ0n) is 18.3. The second-order valence-corrected chi connectivity index (χ2v) is 8.33. The van der Waals surface area contributed by atoms with Gasteiger partial charge in [0.15, 0.2) is 5.96 Å². The van der Waals surface area contributed by atoms with E-state index in [1.807, 2.05) is 20.8 Å². The molecule has 0 aliphatic carbocycles. The van der Waals surface area contributed by atoms with E-state index in [2.05, 4.69) is 56.2 Å². The van der Waals surface area contributed by atoms with Gasteiger partial charge in [0.2, 0.25) is 0 Å². The van der Waals surface area contributed by atoms with E-state index in [0.717, 1.165) is 38.6 Å². The molecule has 0 radical (unpaired) electrons. The minimum absolute atomic E-state index is 0.339. The van der Waals surface area contributed by atoms with Gasteiger partial charge >= 0.3 is 6.09 Å². The number of nitrogens with zero attached hydrogens (tertiary/aromatic N) is 2. The Bertz CT molecular complexity index is 636. The lowest BCUT2D eigenvalue weighted by atomic mass is 10.1. The van der Waals surface area contributed by atoms with Gasteiger partial charge in [0.1, 0.15) is 5.60 Å². The van der Waals surface area contributed by atoms with Gasteiger partial charge in [0.25, 0.3) is 0 Å². The van der Waals surface area contributed by atoms with Crippen LogP contribution in [0.1, 0.15) is 51.6 Å². The van der Waals surface area contributed by atoms with Crippen molar-refractivity contribution in [3.05, 3.63) is 35.9 Å². The Morgan fingerprint density at radius 2 is 1.76 bits per heavy atom. The number of hydrogen-bond donors (Lipinski definition) is 3. The Kier molecular flexibility index (Phi) is 9.25. The molecule has 0 saturated carbocycles. The predicted molar refractivity (Wildman–Crippen MR) is 118 cm³/mol. The van der Waals surface area contributed by atoms with Crippen LogP contribution in [0.25, 0.3) is 0 Å². The number of nitrogens with one attached hydrogen (secondary N) is 3. The molecule has 162 valence electrons. The first-order valence-electron chi connectivity index (χ1n) is 10.6. The van der Waals surface area contributed by atoms with Crippen LogP contribution >= 0.6 is 0 Å². The average Bonchev–Trinajstić information content (AvgIpc) is 3.20. The first kappa shape index (κ1) is 23.0. The largest absolute Gasteiger partial charge is 0.444 e. The normalized spacial score (nSPS) is 16.3. The molecule has 2 rings (SSSR count). The van der Waals surface area contributed by atoms with Gasteiger partial charge in [-0.1, -0.05) is 30.3 Å². The van der Waals surface area contributed by atoms with Gasteiger partial charge in [0, 0.05) is 26.7 Å². The number of aliphatic imine (C=N–C) groups is 1. The highest BCUT2D eigenvalue weighted by Gasteiger charge is 2.23. The first-order valence-corrected chi connectivity index (χ1v) is 10.6. The maximum absolute atomic E-state index is 11.7. The highest BCUT2D eigenvalue weighted by Crippen LogP contribution is 2.24. The van der Waals surface area contributed by atoms with Crippen LogP contribution in [0.2, 0.25) is 0 Å². The zero-order chi connectivity index (χ0) is 21.1. The van der Waals surface area contributed by atoms with E-state index in [-0.39, 0.29) is 6.09 Å². The van der Waals surface area contributed by atoms with Gasteiger partial charge in [-0.25, -0.2) is 4.79 Å². The quantitative estimate of drug-likeness (QED) is 0.353. The lowest BCUT2D eigenvalue weighted by Gasteiger charge is -2.29. The summed E-state index contributed by atoms with van der Waals surface area (Å²) in [6, 6.07) is 11.0. The second kappa shape index (κ2) is 11.7. The van der Waals surface area contributed by atoms with Crippen molar-refractivity contribution >= 4 is 12.1 Å². The average molecular weight is 404 g/mol. The van der Waals surface area contributed by atoms with Gasteiger partial charge in [-0.2, -0.15) is 0 Å². The number of ether oxygens (including phenoxy) is 1. The Labute approximate surface area is 175 Å². The maximum atomic E-state index is 11.7. The van der Waals surface area contributed by atoms with Crippen LogP contribution in [0.3, 0.4) is 0 Å². The van der Waals surface area contributed by atoms with Gasteiger partial charge < -0.3 is 20.7 Å². The van der Waals surface area contributed by atoms with Crippen LogP contribution in [0.4, 0.5) is 4.79 Å². The molecule has 1 aliphatic rings. The predicted octanol–water partition coefficient (Wildman–Crippen LogP) is 2.90. The van der Waals surface area contributed by atoms with E-state index in [1.54, 1.807) is 7.05 Å². The van der Waals surface area contributed by atoms with E-state index in [4.69, 9.17) is 4.74 Å². The minimum Gasteiger partial charge on any atom is -0.444 e. The van der Waals surface area contributed by atoms with Crippen molar-refractivity contribution in [3.8, 4) is 0 Å². The second-order valence-electron chi connectivity index (χ2n) is 8.33. The molecule has 1 unspecified atom stereocenters. The molecule has 29 heavy (non-hydrogen) atoms. The number of benzene rings is 1. The van der Waals surface area contributed by atoms with E-state index in [1.165, 1.54) is 18.4 Å². The molecule has 1 aliphatic heterocycles. The van der Waals surface area contributed by atoms with Crippen molar-refractivity contribution in [1.29, 1.82) is 0 Å². The van der Waals surface area contributed by atoms with Crippen LogP contribution in [0, 0.1) is 0 Å². The SMILES string of the molecule is CN=C(NCCCNC(=O)OC(C)(C)C)NCC(c1ccccc1)N1CCCC1. The maximum Gasteiger partial charge on any atom is 0.407 e. The van der Waals surface area contributed by atoms with Crippen LogP contribution in [-0.4, -0.2) is 62.3 Å². The topological polar surface area (TPSA) is 78.0 Å². The molecule has 1 saturated heterocycles. The molecule has 0 aromatic heterocycles. The summed E-state index contributed by atoms with van der Waals surface area (Å²) in [6.45, 7) is 9.93. The molecule has 3 N–H and O–H groups in total. The summed E-state index contributed by atoms with van der Waals surface area (Å²) in [5, 5.41) is 9.55. The molecule has 1 aromatic rings. The summed E-state index contributed by atoms with van der Waals surface area (Å²) in [4.78, 5) is 18.5. The standard InChI is InChI=1S/C22H37N5O2/c1-22(2,3)29-21(28)25-14-10-13-24-20(23-4)26-17-19(27-15-8-9-16-27)18-11-6-5-7-12-18/h5-7,11-12,19H,8-10,13-17H2,1-4H3,(H,25,28)(H2,23,24,26). The summed E-state index contributed by atoms with van der Waals surface area (Å²) in [5.41, 5.74) is 0.859. The molecule has 0 bridgehead atoms. The van der Waals surface area contributed by atoms with Crippen molar-refractivity contribution in [1.82, 2.24) is 20.9 Å². The fourth-order valence-electron chi connectivity index (χ4n) is 3.40. The van der Waals surface area contributed by atoms with Gasteiger partial charge in [0.05, 0.1) is 6.04 Å². The fraction of sp³-hybridized carbons (Fsp3) is 0.636. The molecule has 7 nitrogen and oxygen atoms in total. The monoisotopic (exact) mass is 403 g/mol. The van der Waals surface area contributed by atoms with Crippen LogP contribution in [0.5, 0.6) is 0 Å². The molecule has 7 heteroatoms. The fourth-order valence-corrected chi connectivity index (χ4v) is 3.40. The number of carbonyl (C=O) groups is 1. The highest BCUT2D eigenvalue weighted by atomic mass is 16.6. The summed E-state index contributed by atoms with van der Waals surface area (Å²) in [5.74, 6) is 0.780. The molecule has 1 amide bonds. The first-order chi connectivity index (χ1) is 13.9. The van der Waals surface area contributed by atoms with E-state index >= 15 is 0 Å². The van der Waals surface area contributed by atoms with E-state index < -0.39 is 5.60 Å². The summed E-state index contributed by atoms with van der Waals surface area (Å²) >= 11 is 0.